The maximum atomic E-state index is 12.7. The summed E-state index contributed by atoms with van der Waals surface area (Å²) in [5, 5.41) is 14.7. The van der Waals surface area contributed by atoms with E-state index in [4.69, 9.17) is 4.74 Å². The number of carbonyl (C=O) groups excluding carboxylic acids is 1. The van der Waals surface area contributed by atoms with E-state index in [1.807, 2.05) is 38.1 Å². The summed E-state index contributed by atoms with van der Waals surface area (Å²) < 4.78 is 7.26. The summed E-state index contributed by atoms with van der Waals surface area (Å²) in [4.78, 5) is 12.7. The molecule has 0 radical (unpaired) electrons. The minimum absolute atomic E-state index is 0.0413. The number of carbonyl (C=O) groups is 1. The maximum Gasteiger partial charge on any atom is 0.266 e. The highest BCUT2D eigenvalue weighted by Crippen LogP contribution is 2.26. The molecule has 0 saturated carbocycles. The van der Waals surface area contributed by atoms with Gasteiger partial charge in [-0.1, -0.05) is 30.3 Å². The lowest BCUT2D eigenvalue weighted by molar-refractivity contribution is -0.112. The van der Waals surface area contributed by atoms with E-state index in [1.165, 1.54) is 5.39 Å². The van der Waals surface area contributed by atoms with Crippen molar-refractivity contribution >= 4 is 28.4 Å². The molecular formula is C27H23N3O2. The smallest absolute Gasteiger partial charge is 0.266 e. The van der Waals surface area contributed by atoms with Crippen molar-refractivity contribution in [2.75, 3.05) is 12.4 Å². The highest BCUT2D eigenvalue weighted by molar-refractivity contribution is 6.09. The summed E-state index contributed by atoms with van der Waals surface area (Å²) >= 11 is 0. The lowest BCUT2D eigenvalue weighted by Gasteiger charge is -2.11. The molecule has 158 valence electrons. The van der Waals surface area contributed by atoms with Crippen molar-refractivity contribution in [2.45, 2.75) is 13.8 Å². The molecule has 0 aliphatic carbocycles. The van der Waals surface area contributed by atoms with Gasteiger partial charge in [-0.25, -0.2) is 0 Å². The number of ether oxygens (including phenoxy) is 1. The number of aryl methyl sites for hydroxylation is 1. The summed E-state index contributed by atoms with van der Waals surface area (Å²) in [5.74, 6) is 0.244. The Balaban J connectivity index is 1.65. The van der Waals surface area contributed by atoms with E-state index < -0.39 is 5.91 Å². The molecular weight excluding hydrogens is 398 g/mol. The quantitative estimate of drug-likeness (QED) is 0.327. The molecule has 0 fully saturated rings. The number of hydrogen-bond donors (Lipinski definition) is 1. The van der Waals surface area contributed by atoms with Crippen molar-refractivity contribution in [2.24, 2.45) is 0 Å². The minimum atomic E-state index is -0.451. The van der Waals surface area contributed by atoms with Gasteiger partial charge in [-0.05, 0) is 78.7 Å². The first-order chi connectivity index (χ1) is 15.5. The van der Waals surface area contributed by atoms with E-state index >= 15 is 0 Å². The van der Waals surface area contributed by atoms with E-state index in [2.05, 4.69) is 40.2 Å². The van der Waals surface area contributed by atoms with Crippen molar-refractivity contribution in [3.8, 4) is 17.5 Å². The molecule has 0 unspecified atom stereocenters. The Bertz CT molecular complexity index is 1370. The van der Waals surface area contributed by atoms with Gasteiger partial charge in [-0.2, -0.15) is 5.26 Å². The number of hydrogen-bond acceptors (Lipinski definition) is 3. The van der Waals surface area contributed by atoms with Crippen LogP contribution in [0.25, 0.3) is 22.5 Å². The Morgan fingerprint density at radius 2 is 1.72 bits per heavy atom. The van der Waals surface area contributed by atoms with Gasteiger partial charge in [0.25, 0.3) is 5.91 Å². The lowest BCUT2D eigenvalue weighted by atomic mass is 10.1. The van der Waals surface area contributed by atoms with Gasteiger partial charge >= 0.3 is 0 Å². The average molecular weight is 422 g/mol. The normalized spacial score (nSPS) is 11.2. The Labute approximate surface area is 187 Å². The monoisotopic (exact) mass is 421 g/mol. The second-order valence-corrected chi connectivity index (χ2v) is 7.55. The summed E-state index contributed by atoms with van der Waals surface area (Å²) in [6.45, 7) is 4.01. The molecule has 1 amide bonds. The number of amides is 1. The van der Waals surface area contributed by atoms with Crippen molar-refractivity contribution in [3.63, 3.8) is 0 Å². The molecule has 1 N–H and O–H groups in total. The van der Waals surface area contributed by atoms with Crippen LogP contribution in [-0.4, -0.2) is 17.6 Å². The van der Waals surface area contributed by atoms with Crippen molar-refractivity contribution in [1.82, 2.24) is 4.57 Å². The summed E-state index contributed by atoms with van der Waals surface area (Å²) in [5.41, 5.74) is 4.49. The summed E-state index contributed by atoms with van der Waals surface area (Å²) in [7, 11) is 1.58. The fraction of sp³-hybridized carbons (Fsp3) is 0.111. The number of benzene rings is 3. The standard InChI is InChI=1S/C27H23N3O2/c1-18-14-22(15-23(17-28)27(31)29-24-9-12-26(32-3)13-10-24)19(2)30(18)25-11-8-20-6-4-5-7-21(20)16-25/h4-16H,1-3H3,(H,29,31). The van der Waals surface area contributed by atoms with Crippen molar-refractivity contribution in [1.29, 1.82) is 5.26 Å². The molecule has 0 atom stereocenters. The predicted octanol–water partition coefficient (Wildman–Crippen LogP) is 5.80. The zero-order valence-electron chi connectivity index (χ0n) is 18.2. The molecule has 0 bridgehead atoms. The van der Waals surface area contributed by atoms with Crippen LogP contribution in [0.15, 0.2) is 78.4 Å². The SMILES string of the molecule is COc1ccc(NC(=O)C(C#N)=Cc2cc(C)n(-c3ccc4ccccc4c3)c2C)cc1. The number of nitrogens with one attached hydrogen (secondary N) is 1. The molecule has 5 nitrogen and oxygen atoms in total. The van der Waals surface area contributed by atoms with Crippen LogP contribution in [0.3, 0.4) is 0 Å². The van der Waals surface area contributed by atoms with E-state index in [9.17, 15) is 10.1 Å². The Hall–Kier alpha value is -4.30. The number of nitriles is 1. The van der Waals surface area contributed by atoms with Gasteiger partial charge in [-0.3, -0.25) is 4.79 Å². The summed E-state index contributed by atoms with van der Waals surface area (Å²) in [6.07, 6.45) is 1.64. The first kappa shape index (κ1) is 21.0. The minimum Gasteiger partial charge on any atom is -0.497 e. The first-order valence-corrected chi connectivity index (χ1v) is 10.3. The molecule has 4 rings (SSSR count). The van der Waals surface area contributed by atoms with Gasteiger partial charge in [0.05, 0.1) is 7.11 Å². The number of nitrogens with zero attached hydrogens (tertiary/aromatic N) is 2. The van der Waals surface area contributed by atoms with E-state index in [0.29, 0.717) is 11.4 Å². The third-order valence-electron chi connectivity index (χ3n) is 5.47. The number of methoxy groups -OCH3 is 1. The van der Waals surface area contributed by atoms with Gasteiger partial charge in [0.2, 0.25) is 0 Å². The van der Waals surface area contributed by atoms with Gasteiger partial charge in [0.1, 0.15) is 17.4 Å². The zero-order valence-corrected chi connectivity index (χ0v) is 18.2. The van der Waals surface area contributed by atoms with Crippen LogP contribution in [0.5, 0.6) is 5.75 Å². The second kappa shape index (κ2) is 8.83. The van der Waals surface area contributed by atoms with Crippen LogP contribution in [-0.2, 0) is 4.79 Å². The topological polar surface area (TPSA) is 67.0 Å². The molecule has 3 aromatic carbocycles. The number of anilines is 1. The predicted molar refractivity (Wildman–Crippen MR) is 128 cm³/mol. The Morgan fingerprint density at radius 1 is 1.00 bits per heavy atom. The molecule has 0 aliphatic heterocycles. The van der Waals surface area contributed by atoms with Crippen LogP contribution in [0.4, 0.5) is 5.69 Å². The third kappa shape index (κ3) is 4.12. The maximum absolute atomic E-state index is 12.7. The molecule has 4 aromatic rings. The number of aromatic nitrogens is 1. The third-order valence-corrected chi connectivity index (χ3v) is 5.47. The van der Waals surface area contributed by atoms with E-state index in [0.717, 1.165) is 28.0 Å². The van der Waals surface area contributed by atoms with Crippen molar-refractivity contribution < 1.29 is 9.53 Å². The van der Waals surface area contributed by atoms with E-state index in [1.54, 1.807) is 37.5 Å². The molecule has 0 saturated heterocycles. The summed E-state index contributed by atoms with van der Waals surface area (Å²) in [6, 6.07) is 25.5. The van der Waals surface area contributed by atoms with Gasteiger partial charge in [0.15, 0.2) is 0 Å². The zero-order chi connectivity index (χ0) is 22.7. The molecule has 1 aromatic heterocycles. The molecule has 5 heteroatoms. The number of rotatable bonds is 5. The number of fused-ring (bicyclic) bond motifs is 1. The highest BCUT2D eigenvalue weighted by Gasteiger charge is 2.14. The van der Waals surface area contributed by atoms with Crippen LogP contribution >= 0.6 is 0 Å². The molecule has 0 aliphatic rings. The van der Waals surface area contributed by atoms with Gasteiger partial charge < -0.3 is 14.6 Å². The van der Waals surface area contributed by atoms with Crippen molar-refractivity contribution in [3.05, 3.63) is 95.3 Å². The Morgan fingerprint density at radius 3 is 2.41 bits per heavy atom. The van der Waals surface area contributed by atoms with Crippen LogP contribution in [0, 0.1) is 25.2 Å². The second-order valence-electron chi connectivity index (χ2n) is 7.55. The van der Waals surface area contributed by atoms with Crippen LogP contribution in [0.1, 0.15) is 17.0 Å². The Kier molecular flexibility index (Phi) is 5.78. The first-order valence-electron chi connectivity index (χ1n) is 10.3. The fourth-order valence-electron chi connectivity index (χ4n) is 3.82. The van der Waals surface area contributed by atoms with Crippen LogP contribution in [0.2, 0.25) is 0 Å². The van der Waals surface area contributed by atoms with E-state index in [-0.39, 0.29) is 5.57 Å². The molecule has 32 heavy (non-hydrogen) atoms. The van der Waals surface area contributed by atoms with Gasteiger partial charge in [-0.15, -0.1) is 0 Å². The highest BCUT2D eigenvalue weighted by atomic mass is 16.5. The molecule has 1 heterocycles. The average Bonchev–Trinajstić information content (AvgIpc) is 3.10. The van der Waals surface area contributed by atoms with Gasteiger partial charge in [0, 0.05) is 22.8 Å². The lowest BCUT2D eigenvalue weighted by Crippen LogP contribution is -2.13. The molecule has 0 spiro atoms. The van der Waals surface area contributed by atoms with Crippen LogP contribution < -0.4 is 10.1 Å². The fourth-order valence-corrected chi connectivity index (χ4v) is 3.82. The largest absolute Gasteiger partial charge is 0.497 e.